The molecule has 2 unspecified atom stereocenters. The molecule has 4 amide bonds. The van der Waals surface area contributed by atoms with Gasteiger partial charge in [-0.1, -0.05) is 12.1 Å². The average molecular weight is 493 g/mol. The summed E-state index contributed by atoms with van der Waals surface area (Å²) in [5, 5.41) is 2.77. The van der Waals surface area contributed by atoms with Crippen LogP contribution in [0.15, 0.2) is 42.5 Å². The molecule has 3 aliphatic rings. The first kappa shape index (κ1) is 24.0. The van der Waals surface area contributed by atoms with Crippen LogP contribution in [-0.2, 0) is 14.3 Å². The SMILES string of the molecule is CC1Oc2cc(NC(=O)C(C)N3C(=O)c4ccccc4C3=O)ccc2N(CCN2CCOCC2)C1=O. The maximum absolute atomic E-state index is 13.0. The van der Waals surface area contributed by atoms with Gasteiger partial charge < -0.3 is 19.7 Å². The Morgan fingerprint density at radius 2 is 1.69 bits per heavy atom. The highest BCUT2D eigenvalue weighted by Crippen LogP contribution is 2.36. The number of ether oxygens (including phenoxy) is 2. The summed E-state index contributed by atoms with van der Waals surface area (Å²) in [4.78, 5) is 56.2. The smallest absolute Gasteiger partial charge is 0.267 e. The largest absolute Gasteiger partial charge is 0.479 e. The third kappa shape index (κ3) is 4.33. The summed E-state index contributed by atoms with van der Waals surface area (Å²) in [6, 6.07) is 10.6. The van der Waals surface area contributed by atoms with Gasteiger partial charge in [0.05, 0.1) is 30.0 Å². The number of rotatable bonds is 6. The van der Waals surface area contributed by atoms with Gasteiger partial charge in [0.2, 0.25) is 5.91 Å². The van der Waals surface area contributed by atoms with Crippen LogP contribution < -0.4 is 15.0 Å². The van der Waals surface area contributed by atoms with Crippen molar-refractivity contribution in [3.05, 3.63) is 53.6 Å². The summed E-state index contributed by atoms with van der Waals surface area (Å²) in [5.74, 6) is -1.12. The van der Waals surface area contributed by atoms with Crippen molar-refractivity contribution in [2.24, 2.45) is 0 Å². The minimum Gasteiger partial charge on any atom is -0.479 e. The fourth-order valence-electron chi connectivity index (χ4n) is 4.71. The number of carbonyl (C=O) groups is 4. The van der Waals surface area contributed by atoms with Crippen molar-refractivity contribution in [2.75, 3.05) is 49.6 Å². The molecule has 36 heavy (non-hydrogen) atoms. The number of hydrogen-bond acceptors (Lipinski definition) is 7. The van der Waals surface area contributed by atoms with Crippen LogP contribution in [0.1, 0.15) is 34.6 Å². The molecule has 0 saturated carbocycles. The third-order valence-electron chi connectivity index (χ3n) is 6.77. The average Bonchev–Trinajstić information content (AvgIpc) is 3.14. The molecule has 0 radical (unpaired) electrons. The van der Waals surface area contributed by atoms with Crippen molar-refractivity contribution < 1.29 is 28.7 Å². The van der Waals surface area contributed by atoms with Crippen LogP contribution in [0.2, 0.25) is 0 Å². The number of hydrogen-bond donors (Lipinski definition) is 1. The van der Waals surface area contributed by atoms with Crippen molar-refractivity contribution in [3.63, 3.8) is 0 Å². The van der Waals surface area contributed by atoms with Crippen LogP contribution in [-0.4, -0.2) is 85.0 Å². The predicted molar refractivity (Wildman–Crippen MR) is 131 cm³/mol. The maximum Gasteiger partial charge on any atom is 0.267 e. The summed E-state index contributed by atoms with van der Waals surface area (Å²) < 4.78 is 11.2. The standard InChI is InChI=1S/C26H28N4O6/c1-16(30-25(33)19-5-3-4-6-20(19)26(30)34)23(31)27-18-7-8-21-22(15-18)36-17(2)24(32)29(21)10-9-28-11-13-35-14-12-28/h3-8,15-17H,9-14H2,1-2H3,(H,27,31). The molecule has 2 aromatic carbocycles. The summed E-state index contributed by atoms with van der Waals surface area (Å²) in [6.07, 6.45) is -0.662. The number of fused-ring (bicyclic) bond motifs is 2. The van der Waals surface area contributed by atoms with Crippen LogP contribution in [0.25, 0.3) is 0 Å². The lowest BCUT2D eigenvalue weighted by Gasteiger charge is -2.35. The molecular formula is C26H28N4O6. The van der Waals surface area contributed by atoms with Crippen molar-refractivity contribution in [1.82, 2.24) is 9.80 Å². The molecule has 1 N–H and O–H groups in total. The van der Waals surface area contributed by atoms with E-state index in [1.165, 1.54) is 6.92 Å². The Morgan fingerprint density at radius 1 is 1.03 bits per heavy atom. The van der Waals surface area contributed by atoms with Gasteiger partial charge in [-0.3, -0.25) is 29.0 Å². The van der Waals surface area contributed by atoms with E-state index in [1.54, 1.807) is 54.3 Å². The number of nitrogens with zero attached hydrogens (tertiary/aromatic N) is 3. The van der Waals surface area contributed by atoms with Gasteiger partial charge in [0.25, 0.3) is 17.7 Å². The van der Waals surface area contributed by atoms with Gasteiger partial charge in [-0.25, -0.2) is 0 Å². The Morgan fingerprint density at radius 3 is 2.36 bits per heavy atom. The molecular weight excluding hydrogens is 464 g/mol. The minimum absolute atomic E-state index is 0.119. The molecule has 3 heterocycles. The van der Waals surface area contributed by atoms with Crippen molar-refractivity contribution in [2.45, 2.75) is 26.0 Å². The lowest BCUT2D eigenvalue weighted by atomic mass is 10.1. The van der Waals surface area contributed by atoms with Crippen LogP contribution in [0.5, 0.6) is 5.75 Å². The highest BCUT2D eigenvalue weighted by atomic mass is 16.5. The topological polar surface area (TPSA) is 108 Å². The van der Waals surface area contributed by atoms with Crippen LogP contribution in [0.4, 0.5) is 11.4 Å². The quantitative estimate of drug-likeness (QED) is 0.612. The van der Waals surface area contributed by atoms with E-state index in [0.717, 1.165) is 24.5 Å². The molecule has 0 aliphatic carbocycles. The predicted octanol–water partition coefficient (Wildman–Crippen LogP) is 1.76. The molecule has 0 aromatic heterocycles. The molecule has 2 aromatic rings. The minimum atomic E-state index is -1.01. The lowest BCUT2D eigenvalue weighted by Crippen LogP contribution is -2.48. The molecule has 5 rings (SSSR count). The van der Waals surface area contributed by atoms with E-state index in [-0.39, 0.29) is 5.91 Å². The number of morpholine rings is 1. The second-order valence-corrected chi connectivity index (χ2v) is 9.08. The zero-order valence-electron chi connectivity index (χ0n) is 20.2. The highest BCUT2D eigenvalue weighted by molar-refractivity contribution is 6.23. The van der Waals surface area contributed by atoms with E-state index in [0.29, 0.717) is 48.0 Å². The molecule has 2 atom stereocenters. The van der Waals surface area contributed by atoms with Crippen molar-refractivity contribution in [3.8, 4) is 5.75 Å². The summed E-state index contributed by atoms with van der Waals surface area (Å²) in [6.45, 7) is 7.48. The zero-order chi connectivity index (χ0) is 25.4. The fraction of sp³-hybridized carbons (Fsp3) is 0.385. The first-order chi connectivity index (χ1) is 17.3. The van der Waals surface area contributed by atoms with Crippen molar-refractivity contribution in [1.29, 1.82) is 0 Å². The molecule has 188 valence electrons. The molecule has 3 aliphatic heterocycles. The number of amides is 4. The molecule has 0 spiro atoms. The summed E-state index contributed by atoms with van der Waals surface area (Å²) in [7, 11) is 0. The van der Waals surface area contributed by atoms with Gasteiger partial charge in [0.1, 0.15) is 11.8 Å². The first-order valence-corrected chi connectivity index (χ1v) is 12.0. The Hall–Kier alpha value is -3.76. The second kappa shape index (κ2) is 9.71. The zero-order valence-corrected chi connectivity index (χ0v) is 20.2. The monoisotopic (exact) mass is 492 g/mol. The van der Waals surface area contributed by atoms with E-state index < -0.39 is 29.9 Å². The van der Waals surface area contributed by atoms with Crippen molar-refractivity contribution >= 4 is 35.0 Å². The Balaban J connectivity index is 1.29. The Bertz CT molecular complexity index is 1190. The van der Waals surface area contributed by atoms with Gasteiger partial charge in [-0.2, -0.15) is 0 Å². The number of nitrogens with one attached hydrogen (secondary N) is 1. The van der Waals surface area contributed by atoms with Gasteiger partial charge in [0.15, 0.2) is 6.10 Å². The van der Waals surface area contributed by atoms with Crippen LogP contribution in [0.3, 0.4) is 0 Å². The number of carbonyl (C=O) groups excluding carboxylic acids is 4. The normalized spacial score (nSPS) is 20.6. The van der Waals surface area contributed by atoms with E-state index in [2.05, 4.69) is 10.2 Å². The fourth-order valence-corrected chi connectivity index (χ4v) is 4.71. The van der Waals surface area contributed by atoms with Gasteiger partial charge in [-0.15, -0.1) is 0 Å². The summed E-state index contributed by atoms with van der Waals surface area (Å²) >= 11 is 0. The first-order valence-electron chi connectivity index (χ1n) is 12.0. The maximum atomic E-state index is 13.0. The van der Waals surface area contributed by atoms with Crippen LogP contribution in [0, 0.1) is 0 Å². The van der Waals surface area contributed by atoms with Gasteiger partial charge in [-0.05, 0) is 38.1 Å². The van der Waals surface area contributed by atoms with E-state index in [9.17, 15) is 19.2 Å². The lowest BCUT2D eigenvalue weighted by molar-refractivity contribution is -0.125. The Labute approximate surface area is 208 Å². The number of anilines is 2. The van der Waals surface area contributed by atoms with E-state index >= 15 is 0 Å². The molecule has 1 fully saturated rings. The van der Waals surface area contributed by atoms with E-state index in [4.69, 9.17) is 9.47 Å². The molecule has 1 saturated heterocycles. The highest BCUT2D eigenvalue weighted by Gasteiger charge is 2.40. The molecule has 0 bridgehead atoms. The number of imide groups is 1. The van der Waals surface area contributed by atoms with Gasteiger partial charge in [0, 0.05) is 37.9 Å². The van der Waals surface area contributed by atoms with Gasteiger partial charge >= 0.3 is 0 Å². The third-order valence-corrected chi connectivity index (χ3v) is 6.77. The molecule has 10 nitrogen and oxygen atoms in total. The second-order valence-electron chi connectivity index (χ2n) is 9.08. The van der Waals surface area contributed by atoms with E-state index in [1.807, 2.05) is 0 Å². The Kier molecular flexibility index (Phi) is 6.46. The number of benzene rings is 2. The summed E-state index contributed by atoms with van der Waals surface area (Å²) in [5.41, 5.74) is 1.66. The molecule has 10 heteroatoms. The van der Waals surface area contributed by atoms with Crippen LogP contribution >= 0.6 is 0 Å².